The lowest BCUT2D eigenvalue weighted by molar-refractivity contribution is 0.426. The molecule has 6 aromatic carbocycles. The molecule has 6 heteroatoms. The zero-order chi connectivity index (χ0) is 69.0. The van der Waals surface area contributed by atoms with Crippen LogP contribution in [0.4, 0.5) is 0 Å². The van der Waals surface area contributed by atoms with Crippen molar-refractivity contribution in [2.45, 2.75) is 254 Å². The Morgan fingerprint density at radius 1 is 0.250 bits per heavy atom. The maximum absolute atomic E-state index is 6.07. The number of para-hydroxylation sites is 1. The van der Waals surface area contributed by atoms with E-state index in [-0.39, 0.29) is 32.5 Å². The third kappa shape index (κ3) is 15.6. The number of fused-ring (bicyclic) bond motifs is 6. The second-order valence-corrected chi connectivity index (χ2v) is 35.5. The van der Waals surface area contributed by atoms with Crippen LogP contribution >= 0.6 is 34.0 Å². The van der Waals surface area contributed by atoms with Gasteiger partial charge in [-0.3, -0.25) is 0 Å². The molecule has 3 nitrogen and oxygen atoms in total. The Labute approximate surface area is 567 Å². The summed E-state index contributed by atoms with van der Waals surface area (Å²) < 4.78 is 22.4. The molecule has 0 radical (unpaired) electrons. The lowest BCUT2D eigenvalue weighted by Crippen LogP contribution is -2.11. The van der Waals surface area contributed by atoms with Crippen LogP contribution in [-0.2, 0) is 32.5 Å². The molecule has 6 heterocycles. The highest BCUT2D eigenvalue weighted by Gasteiger charge is 2.28. The van der Waals surface area contributed by atoms with Crippen LogP contribution in [0.3, 0.4) is 0 Å². The number of hydrogen-bond acceptors (Lipinski definition) is 6. The smallest absolute Gasteiger partial charge is 0.137 e. The molecule has 0 aliphatic heterocycles. The zero-order valence-electron chi connectivity index (χ0n) is 62.7. The molecule has 492 valence electrons. The Morgan fingerprint density at radius 3 is 1.10 bits per heavy atom. The maximum atomic E-state index is 6.07. The number of benzene rings is 6. The highest BCUT2D eigenvalue weighted by Crippen LogP contribution is 2.44. The Hall–Kier alpha value is -6.18. The van der Waals surface area contributed by atoms with Crippen LogP contribution in [-0.4, -0.2) is 0 Å². The summed E-state index contributed by atoms with van der Waals surface area (Å²) in [5.74, 6) is 3.32. The minimum Gasteiger partial charge on any atom is -0.460 e. The summed E-state index contributed by atoms with van der Waals surface area (Å²) in [4.78, 5) is 4.57. The van der Waals surface area contributed by atoms with Crippen molar-refractivity contribution in [2.24, 2.45) is 0 Å². The molecule has 0 N–H and O–H groups in total. The summed E-state index contributed by atoms with van der Waals surface area (Å²) in [7, 11) is 0. The van der Waals surface area contributed by atoms with E-state index < -0.39 is 0 Å². The van der Waals surface area contributed by atoms with Crippen LogP contribution in [0.15, 0.2) is 110 Å². The van der Waals surface area contributed by atoms with Gasteiger partial charge in [-0.15, -0.1) is 34.0 Å². The van der Waals surface area contributed by atoms with Crippen molar-refractivity contribution >= 4 is 97.2 Å². The third-order valence-corrected chi connectivity index (χ3v) is 23.1. The second-order valence-electron chi connectivity index (χ2n) is 32.4. The standard InChI is InChI=1S/C15H20O.C15H20S.2C14H18O.2C14H18S/c2*1-9-7-8-10(2)13-12(9)11(3)14(16-13)15(4,5)6;1-9-7-6-8-11-12(9)10(2)13(15-11)14(3,4)5;1-9-7-6-8-11-10(2)13(14(3,4)5)15-12(9)11;1-9-7-6-8-11-12(9)10(2)13(15-11)14(3,4)5;1-9-7-6-8-11-10(2)13(14(3,4)5)15-12(9)11/h2*7-8H,1-6H3;4*6-8H,1-5H3. The van der Waals surface area contributed by atoms with Gasteiger partial charge in [-0.2, -0.15) is 0 Å². The van der Waals surface area contributed by atoms with Crippen molar-refractivity contribution < 1.29 is 13.3 Å². The van der Waals surface area contributed by atoms with E-state index in [4.69, 9.17) is 13.3 Å². The first-order valence-electron chi connectivity index (χ1n) is 33.2. The fourth-order valence-corrected chi connectivity index (χ4v) is 17.5. The van der Waals surface area contributed by atoms with Crippen molar-refractivity contribution in [3.05, 3.63) is 207 Å². The average molecular weight is 1290 g/mol. The van der Waals surface area contributed by atoms with Crippen molar-refractivity contribution in [1.82, 2.24) is 0 Å². The molecule has 0 bridgehead atoms. The first-order valence-corrected chi connectivity index (χ1v) is 35.7. The van der Waals surface area contributed by atoms with Crippen LogP contribution in [0.1, 0.15) is 234 Å². The van der Waals surface area contributed by atoms with Gasteiger partial charge in [-0.1, -0.05) is 210 Å². The molecule has 0 amide bonds. The van der Waals surface area contributed by atoms with Gasteiger partial charge in [0.1, 0.15) is 34.0 Å². The summed E-state index contributed by atoms with van der Waals surface area (Å²) in [5.41, 5.74) is 23.1. The van der Waals surface area contributed by atoms with Crippen molar-refractivity contribution in [3.8, 4) is 0 Å². The van der Waals surface area contributed by atoms with E-state index >= 15 is 0 Å². The van der Waals surface area contributed by atoms with Gasteiger partial charge in [-0.05, 0) is 219 Å². The maximum Gasteiger partial charge on any atom is 0.137 e. The summed E-state index contributed by atoms with van der Waals surface area (Å²) >= 11 is 5.87. The summed E-state index contributed by atoms with van der Waals surface area (Å²) in [5, 5.41) is 8.21. The van der Waals surface area contributed by atoms with Gasteiger partial charge in [0.05, 0.1) is 0 Å². The van der Waals surface area contributed by atoms with Gasteiger partial charge in [0.2, 0.25) is 0 Å². The van der Waals surface area contributed by atoms with Crippen LogP contribution < -0.4 is 0 Å². The molecule has 0 saturated carbocycles. The predicted molar refractivity (Wildman–Crippen MR) is 413 cm³/mol. The summed E-state index contributed by atoms with van der Waals surface area (Å²) in [6.45, 7) is 70.9. The zero-order valence-corrected chi connectivity index (χ0v) is 65.1. The Bertz CT molecular complexity index is 4280. The number of aryl methyl sites for hydroxylation is 14. The van der Waals surface area contributed by atoms with E-state index in [0.717, 1.165) is 34.0 Å². The number of thiophene rings is 3. The molecule has 0 saturated heterocycles. The lowest BCUT2D eigenvalue weighted by atomic mass is 9.89. The van der Waals surface area contributed by atoms with E-state index in [0.29, 0.717) is 0 Å². The molecule has 0 atom stereocenters. The Morgan fingerprint density at radius 2 is 0.609 bits per heavy atom. The third-order valence-electron chi connectivity index (χ3n) is 17.7. The topological polar surface area (TPSA) is 39.4 Å². The molecular formula is C86H112O3S3. The number of rotatable bonds is 0. The largest absolute Gasteiger partial charge is 0.460 e. The molecule has 0 aliphatic carbocycles. The first kappa shape index (κ1) is 73.2. The van der Waals surface area contributed by atoms with Crippen molar-refractivity contribution in [3.63, 3.8) is 0 Å². The molecule has 0 spiro atoms. The molecule has 0 aliphatic rings. The van der Waals surface area contributed by atoms with E-state index in [1.165, 1.54) is 139 Å². The molecule has 6 aromatic heterocycles. The van der Waals surface area contributed by atoms with Gasteiger partial charge in [0.25, 0.3) is 0 Å². The van der Waals surface area contributed by atoms with Crippen LogP contribution in [0.25, 0.3) is 63.2 Å². The summed E-state index contributed by atoms with van der Waals surface area (Å²) in [6, 6.07) is 34.5. The Balaban J connectivity index is 0.000000157. The molecule has 12 rings (SSSR count). The van der Waals surface area contributed by atoms with Crippen LogP contribution in [0.5, 0.6) is 0 Å². The minimum atomic E-state index is 0.0714. The molecular weight excluding hydrogens is 1180 g/mol. The van der Waals surface area contributed by atoms with Crippen molar-refractivity contribution in [1.29, 1.82) is 0 Å². The van der Waals surface area contributed by atoms with Crippen molar-refractivity contribution in [2.75, 3.05) is 0 Å². The second kappa shape index (κ2) is 27.3. The molecule has 12 aromatic rings. The fraction of sp³-hybridized carbons (Fsp3) is 0.442. The van der Waals surface area contributed by atoms with Gasteiger partial charge < -0.3 is 13.3 Å². The van der Waals surface area contributed by atoms with Crippen LogP contribution in [0, 0.1) is 96.9 Å². The monoisotopic (exact) mass is 1290 g/mol. The highest BCUT2D eigenvalue weighted by molar-refractivity contribution is 7.20. The van der Waals surface area contributed by atoms with E-state index in [2.05, 4.69) is 306 Å². The number of furan rings is 3. The molecule has 0 unspecified atom stereocenters. The molecule has 92 heavy (non-hydrogen) atoms. The van der Waals surface area contributed by atoms with Crippen LogP contribution in [0.2, 0.25) is 0 Å². The lowest BCUT2D eigenvalue weighted by Gasteiger charge is -2.17. The summed E-state index contributed by atoms with van der Waals surface area (Å²) in [6.07, 6.45) is 0. The highest BCUT2D eigenvalue weighted by atomic mass is 32.1. The minimum absolute atomic E-state index is 0.0714. The van der Waals surface area contributed by atoms with Gasteiger partial charge in [0.15, 0.2) is 0 Å². The van der Waals surface area contributed by atoms with E-state index in [1.54, 1.807) is 0 Å². The number of hydrogen-bond donors (Lipinski definition) is 0. The first-order chi connectivity index (χ1) is 42.3. The SMILES string of the molecule is Cc1c(C(C)(C)C)oc2c(C)cccc12.Cc1c(C(C)(C)C)sc2c(C)cccc12.Cc1ccc(C)c2c(C)c(C(C)(C)C)oc12.Cc1ccc(C)c2c(C)c(C(C)(C)C)sc12.Cc1cccc2oc(C(C)(C)C)c(C)c12.Cc1cccc2sc(C(C)(C)C)c(C)c12. The fourth-order valence-electron chi connectivity index (χ4n) is 13.4. The Kier molecular flexibility index (Phi) is 21.7. The van der Waals surface area contributed by atoms with Gasteiger partial charge in [0, 0.05) is 61.1 Å². The van der Waals surface area contributed by atoms with Gasteiger partial charge in [-0.25, -0.2) is 0 Å². The average Bonchev–Trinajstić information content (AvgIpc) is 1.67. The van der Waals surface area contributed by atoms with E-state index in [1.807, 2.05) is 46.1 Å². The molecule has 0 fully saturated rings. The quantitative estimate of drug-likeness (QED) is 0.152. The predicted octanol–water partition coefficient (Wildman–Crippen LogP) is 28.1. The van der Waals surface area contributed by atoms with Gasteiger partial charge >= 0.3 is 0 Å². The van der Waals surface area contributed by atoms with E-state index in [9.17, 15) is 0 Å². The normalized spacial score (nSPS) is 12.3.